The summed E-state index contributed by atoms with van der Waals surface area (Å²) in [7, 11) is 0. The third-order valence-corrected chi connectivity index (χ3v) is 4.24. The summed E-state index contributed by atoms with van der Waals surface area (Å²) in [6.07, 6.45) is 3.65. The summed E-state index contributed by atoms with van der Waals surface area (Å²) in [6.45, 7) is 11.1. The highest BCUT2D eigenvalue weighted by molar-refractivity contribution is 9.09. The van der Waals surface area contributed by atoms with Crippen molar-refractivity contribution in [3.63, 3.8) is 0 Å². The molecule has 0 aromatic rings. The third-order valence-electron chi connectivity index (χ3n) is 3.14. The number of rotatable bonds is 3. The molecule has 0 radical (unpaired) electrons. The van der Waals surface area contributed by atoms with Gasteiger partial charge in [0, 0.05) is 10.7 Å². The smallest absolute Gasteiger partial charge is 0.0673 e. The molecule has 2 heteroatoms. The van der Waals surface area contributed by atoms with Gasteiger partial charge in [-0.05, 0) is 40.5 Å². The van der Waals surface area contributed by atoms with E-state index in [-0.39, 0.29) is 11.2 Å². The summed E-state index contributed by atoms with van der Waals surface area (Å²) >= 11 is 3.81. The summed E-state index contributed by atoms with van der Waals surface area (Å²) in [6, 6.07) is 0. The molecule has 1 fully saturated rings. The van der Waals surface area contributed by atoms with Crippen molar-refractivity contribution in [1.82, 2.24) is 0 Å². The SMILES string of the molecule is CCCC(Br)C1CC(C)(C)OC1(C)C. The quantitative estimate of drug-likeness (QED) is 0.695. The first-order valence-corrected chi connectivity index (χ1v) is 6.54. The van der Waals surface area contributed by atoms with Gasteiger partial charge >= 0.3 is 0 Å². The second-order valence-electron chi connectivity index (χ2n) is 5.58. The van der Waals surface area contributed by atoms with Crippen LogP contribution in [-0.2, 0) is 4.74 Å². The van der Waals surface area contributed by atoms with Crippen LogP contribution in [0.25, 0.3) is 0 Å². The van der Waals surface area contributed by atoms with E-state index in [1.165, 1.54) is 12.8 Å². The van der Waals surface area contributed by atoms with E-state index in [9.17, 15) is 0 Å². The first-order chi connectivity index (χ1) is 6.28. The van der Waals surface area contributed by atoms with Gasteiger partial charge in [-0.1, -0.05) is 29.3 Å². The molecule has 0 N–H and O–H groups in total. The molecule has 1 nitrogen and oxygen atoms in total. The van der Waals surface area contributed by atoms with Gasteiger partial charge < -0.3 is 4.74 Å². The second-order valence-corrected chi connectivity index (χ2v) is 6.76. The van der Waals surface area contributed by atoms with Crippen LogP contribution in [0.5, 0.6) is 0 Å². The molecule has 1 saturated heterocycles. The molecule has 1 rings (SSSR count). The Kier molecular flexibility index (Phi) is 3.69. The van der Waals surface area contributed by atoms with Gasteiger partial charge in [0.2, 0.25) is 0 Å². The predicted molar refractivity (Wildman–Crippen MR) is 65.0 cm³/mol. The van der Waals surface area contributed by atoms with E-state index in [0.717, 1.165) is 6.42 Å². The van der Waals surface area contributed by atoms with Gasteiger partial charge in [-0.25, -0.2) is 0 Å². The molecule has 0 spiro atoms. The summed E-state index contributed by atoms with van der Waals surface area (Å²) in [5.41, 5.74) is 0.0702. The third kappa shape index (κ3) is 2.73. The van der Waals surface area contributed by atoms with Gasteiger partial charge in [0.25, 0.3) is 0 Å². The van der Waals surface area contributed by atoms with Crippen LogP contribution >= 0.6 is 15.9 Å². The van der Waals surface area contributed by atoms with Crippen molar-refractivity contribution >= 4 is 15.9 Å². The standard InChI is InChI=1S/C12H23BrO/c1-6-7-10(13)9-8-11(2,3)14-12(9,4)5/h9-10H,6-8H2,1-5H3. The first-order valence-electron chi connectivity index (χ1n) is 5.63. The number of halogens is 1. The number of hydrogen-bond donors (Lipinski definition) is 0. The van der Waals surface area contributed by atoms with Crippen LogP contribution in [0.15, 0.2) is 0 Å². The summed E-state index contributed by atoms with van der Waals surface area (Å²) in [5.74, 6) is 0.637. The molecule has 0 aromatic heterocycles. The first kappa shape index (κ1) is 12.5. The zero-order valence-electron chi connectivity index (χ0n) is 10.1. The molecular weight excluding hydrogens is 240 g/mol. The maximum Gasteiger partial charge on any atom is 0.0673 e. The molecule has 1 aliphatic heterocycles. The predicted octanol–water partition coefficient (Wildman–Crippen LogP) is 4.14. The molecule has 2 atom stereocenters. The highest BCUT2D eigenvalue weighted by Gasteiger charge is 2.47. The molecular formula is C12H23BrO. The normalized spacial score (nSPS) is 31.7. The summed E-state index contributed by atoms with van der Waals surface area (Å²) in [4.78, 5) is 0.601. The zero-order chi connectivity index (χ0) is 11.0. The Bertz CT molecular complexity index is 198. The van der Waals surface area contributed by atoms with Crippen molar-refractivity contribution in [3.05, 3.63) is 0 Å². The van der Waals surface area contributed by atoms with Gasteiger partial charge in [-0.2, -0.15) is 0 Å². The van der Waals surface area contributed by atoms with Gasteiger partial charge in [0.1, 0.15) is 0 Å². The van der Waals surface area contributed by atoms with Crippen LogP contribution in [-0.4, -0.2) is 16.0 Å². The molecule has 0 aliphatic carbocycles. The summed E-state index contributed by atoms with van der Waals surface area (Å²) in [5, 5.41) is 0. The Morgan fingerprint density at radius 1 is 1.36 bits per heavy atom. The van der Waals surface area contributed by atoms with Gasteiger partial charge in [0.05, 0.1) is 11.2 Å². The molecule has 0 amide bonds. The van der Waals surface area contributed by atoms with E-state index in [4.69, 9.17) is 4.74 Å². The highest BCUT2D eigenvalue weighted by Crippen LogP contribution is 2.46. The zero-order valence-corrected chi connectivity index (χ0v) is 11.6. The van der Waals surface area contributed by atoms with Crippen molar-refractivity contribution in [2.24, 2.45) is 5.92 Å². The highest BCUT2D eigenvalue weighted by atomic mass is 79.9. The van der Waals surface area contributed by atoms with E-state index in [0.29, 0.717) is 10.7 Å². The fourth-order valence-electron chi connectivity index (χ4n) is 2.65. The monoisotopic (exact) mass is 262 g/mol. The van der Waals surface area contributed by atoms with E-state index >= 15 is 0 Å². The Morgan fingerprint density at radius 2 is 1.93 bits per heavy atom. The van der Waals surface area contributed by atoms with Crippen molar-refractivity contribution < 1.29 is 4.74 Å². The topological polar surface area (TPSA) is 9.23 Å². The van der Waals surface area contributed by atoms with E-state index in [1.54, 1.807) is 0 Å². The van der Waals surface area contributed by atoms with Gasteiger partial charge in [0.15, 0.2) is 0 Å². The average Bonchev–Trinajstić information content (AvgIpc) is 2.19. The lowest BCUT2D eigenvalue weighted by Crippen LogP contribution is -2.33. The fourth-order valence-corrected chi connectivity index (χ4v) is 3.93. The molecule has 14 heavy (non-hydrogen) atoms. The van der Waals surface area contributed by atoms with Crippen LogP contribution in [0.2, 0.25) is 0 Å². The maximum absolute atomic E-state index is 6.09. The minimum absolute atomic E-state index is 0.0207. The number of hydrogen-bond acceptors (Lipinski definition) is 1. The molecule has 1 heterocycles. The van der Waals surface area contributed by atoms with Crippen LogP contribution in [0, 0.1) is 5.92 Å². The lowest BCUT2D eigenvalue weighted by Gasteiger charge is -2.30. The average molecular weight is 263 g/mol. The van der Waals surface area contributed by atoms with E-state index in [1.807, 2.05) is 0 Å². The molecule has 1 aliphatic rings. The molecule has 84 valence electrons. The molecule has 0 saturated carbocycles. The van der Waals surface area contributed by atoms with Crippen molar-refractivity contribution in [2.45, 2.75) is 69.9 Å². The van der Waals surface area contributed by atoms with E-state index in [2.05, 4.69) is 50.5 Å². The minimum atomic E-state index is 0.0207. The Morgan fingerprint density at radius 3 is 2.29 bits per heavy atom. The van der Waals surface area contributed by atoms with Crippen LogP contribution in [0.1, 0.15) is 53.9 Å². The number of ether oxygens (including phenoxy) is 1. The van der Waals surface area contributed by atoms with Gasteiger partial charge in [-0.3, -0.25) is 0 Å². The largest absolute Gasteiger partial charge is 0.369 e. The fraction of sp³-hybridized carbons (Fsp3) is 1.00. The maximum atomic E-state index is 6.09. The molecule has 0 aromatic carbocycles. The second kappa shape index (κ2) is 4.13. The van der Waals surface area contributed by atoms with Crippen molar-refractivity contribution in [3.8, 4) is 0 Å². The summed E-state index contributed by atoms with van der Waals surface area (Å²) < 4.78 is 6.09. The molecule has 2 unspecified atom stereocenters. The Labute approximate surface area is 96.7 Å². The minimum Gasteiger partial charge on any atom is -0.369 e. The van der Waals surface area contributed by atoms with E-state index < -0.39 is 0 Å². The van der Waals surface area contributed by atoms with Crippen molar-refractivity contribution in [1.29, 1.82) is 0 Å². The van der Waals surface area contributed by atoms with Crippen LogP contribution in [0.3, 0.4) is 0 Å². The van der Waals surface area contributed by atoms with Crippen LogP contribution in [0.4, 0.5) is 0 Å². The van der Waals surface area contributed by atoms with Crippen LogP contribution < -0.4 is 0 Å². The number of alkyl halides is 1. The lowest BCUT2D eigenvalue weighted by atomic mass is 9.83. The lowest BCUT2D eigenvalue weighted by molar-refractivity contribution is -0.0745. The Hall–Kier alpha value is 0.440. The molecule has 0 bridgehead atoms. The Balaban J connectivity index is 2.69. The van der Waals surface area contributed by atoms with Gasteiger partial charge in [-0.15, -0.1) is 0 Å². The van der Waals surface area contributed by atoms with Crippen molar-refractivity contribution in [2.75, 3.05) is 0 Å².